The van der Waals surface area contributed by atoms with E-state index in [4.69, 9.17) is 4.74 Å². The van der Waals surface area contributed by atoms with E-state index in [9.17, 15) is 9.18 Å². The molecule has 0 aliphatic carbocycles. The molecule has 4 nitrogen and oxygen atoms in total. The van der Waals surface area contributed by atoms with Crippen LogP contribution in [0.3, 0.4) is 0 Å². The minimum atomic E-state index is -0.268. The van der Waals surface area contributed by atoms with Crippen LogP contribution in [0.5, 0.6) is 5.75 Å². The summed E-state index contributed by atoms with van der Waals surface area (Å²) < 4.78 is 18.7. The van der Waals surface area contributed by atoms with E-state index in [1.807, 2.05) is 37.4 Å². The van der Waals surface area contributed by atoms with Crippen LogP contribution in [-0.2, 0) is 17.9 Å². The molecule has 1 amide bonds. The Bertz CT molecular complexity index is 629. The van der Waals surface area contributed by atoms with Crippen molar-refractivity contribution in [2.45, 2.75) is 19.6 Å². The average molecular weight is 316 g/mol. The van der Waals surface area contributed by atoms with Crippen LogP contribution in [0.25, 0.3) is 0 Å². The average Bonchev–Trinajstić information content (AvgIpc) is 2.57. The summed E-state index contributed by atoms with van der Waals surface area (Å²) in [4.78, 5) is 11.5. The summed E-state index contributed by atoms with van der Waals surface area (Å²) in [6.45, 7) is 1.48. The van der Waals surface area contributed by atoms with Crippen molar-refractivity contribution in [2.75, 3.05) is 13.6 Å². The summed E-state index contributed by atoms with van der Waals surface area (Å²) in [5.74, 6) is 0.459. The molecule has 122 valence electrons. The van der Waals surface area contributed by atoms with Gasteiger partial charge >= 0.3 is 0 Å². The molecule has 2 rings (SSSR count). The summed E-state index contributed by atoms with van der Waals surface area (Å²) in [7, 11) is 1.82. The molecular formula is C18H21FN2O2. The third kappa shape index (κ3) is 6.08. The molecule has 0 fully saturated rings. The zero-order valence-corrected chi connectivity index (χ0v) is 13.1. The van der Waals surface area contributed by atoms with E-state index in [1.54, 1.807) is 6.07 Å². The molecule has 0 bridgehead atoms. The Balaban J connectivity index is 1.79. The van der Waals surface area contributed by atoms with Crippen LogP contribution in [0.2, 0.25) is 0 Å². The van der Waals surface area contributed by atoms with Crippen molar-refractivity contribution in [3.05, 3.63) is 65.5 Å². The van der Waals surface area contributed by atoms with Crippen LogP contribution in [0.15, 0.2) is 48.5 Å². The molecular weight excluding hydrogens is 295 g/mol. The zero-order valence-electron chi connectivity index (χ0n) is 13.1. The van der Waals surface area contributed by atoms with Gasteiger partial charge in [-0.2, -0.15) is 0 Å². The highest BCUT2D eigenvalue weighted by Crippen LogP contribution is 2.14. The van der Waals surface area contributed by atoms with Gasteiger partial charge in [-0.1, -0.05) is 24.3 Å². The van der Waals surface area contributed by atoms with Gasteiger partial charge in [-0.3, -0.25) is 4.79 Å². The number of hydrogen-bond donors (Lipinski definition) is 2. The van der Waals surface area contributed by atoms with Crippen LogP contribution < -0.4 is 15.4 Å². The van der Waals surface area contributed by atoms with Gasteiger partial charge < -0.3 is 15.4 Å². The number of ether oxygens (including phenoxy) is 1. The highest BCUT2D eigenvalue weighted by molar-refractivity contribution is 5.76. The summed E-state index contributed by atoms with van der Waals surface area (Å²) in [6.07, 6.45) is 0.464. The Labute approximate surface area is 135 Å². The number of carbonyl (C=O) groups excluding carboxylic acids is 1. The van der Waals surface area contributed by atoms with Crippen molar-refractivity contribution < 1.29 is 13.9 Å². The molecule has 0 saturated carbocycles. The molecule has 0 aliphatic rings. The van der Waals surface area contributed by atoms with E-state index in [0.29, 0.717) is 31.9 Å². The lowest BCUT2D eigenvalue weighted by Gasteiger charge is -2.08. The maximum atomic E-state index is 13.1. The van der Waals surface area contributed by atoms with Crippen molar-refractivity contribution in [1.29, 1.82) is 0 Å². The van der Waals surface area contributed by atoms with E-state index >= 15 is 0 Å². The van der Waals surface area contributed by atoms with Gasteiger partial charge in [0.25, 0.3) is 0 Å². The van der Waals surface area contributed by atoms with Crippen molar-refractivity contribution in [2.24, 2.45) is 0 Å². The van der Waals surface area contributed by atoms with E-state index in [-0.39, 0.29) is 11.7 Å². The lowest BCUT2D eigenvalue weighted by atomic mass is 10.2. The second-order valence-electron chi connectivity index (χ2n) is 5.19. The summed E-state index contributed by atoms with van der Waals surface area (Å²) in [6, 6.07) is 13.8. The zero-order chi connectivity index (χ0) is 16.5. The molecule has 2 aromatic rings. The maximum absolute atomic E-state index is 13.1. The first kappa shape index (κ1) is 17.0. The molecule has 0 atom stereocenters. The van der Waals surface area contributed by atoms with E-state index in [0.717, 1.165) is 11.1 Å². The SMILES string of the molecule is CNCCC(=O)NCc1ccc(OCc2cccc(F)c2)cc1. The fourth-order valence-corrected chi connectivity index (χ4v) is 2.02. The Kier molecular flexibility index (Phi) is 6.56. The molecule has 0 unspecified atom stereocenters. The van der Waals surface area contributed by atoms with Gasteiger partial charge in [-0.15, -0.1) is 0 Å². The topological polar surface area (TPSA) is 50.4 Å². The highest BCUT2D eigenvalue weighted by atomic mass is 19.1. The second-order valence-corrected chi connectivity index (χ2v) is 5.19. The normalized spacial score (nSPS) is 10.3. The molecule has 0 radical (unpaired) electrons. The number of nitrogens with one attached hydrogen (secondary N) is 2. The highest BCUT2D eigenvalue weighted by Gasteiger charge is 2.01. The molecule has 2 N–H and O–H groups in total. The lowest BCUT2D eigenvalue weighted by Crippen LogP contribution is -2.26. The quantitative estimate of drug-likeness (QED) is 0.787. The molecule has 0 heterocycles. The van der Waals surface area contributed by atoms with Gasteiger partial charge in [0.2, 0.25) is 5.91 Å². The number of amides is 1. The Hall–Kier alpha value is -2.40. The van der Waals surface area contributed by atoms with Crippen molar-refractivity contribution in [1.82, 2.24) is 10.6 Å². The molecule has 5 heteroatoms. The predicted octanol–water partition coefficient (Wildman–Crippen LogP) is 2.63. The number of carbonyl (C=O) groups is 1. The molecule has 0 aliphatic heterocycles. The minimum Gasteiger partial charge on any atom is -0.489 e. The van der Waals surface area contributed by atoms with Crippen molar-refractivity contribution >= 4 is 5.91 Å². The minimum absolute atomic E-state index is 0.0192. The van der Waals surface area contributed by atoms with Gasteiger partial charge in [0.05, 0.1) is 0 Å². The Morgan fingerprint density at radius 1 is 1.13 bits per heavy atom. The fourth-order valence-electron chi connectivity index (χ4n) is 2.02. The molecule has 0 aromatic heterocycles. The van der Waals surface area contributed by atoms with Gasteiger partial charge in [0.15, 0.2) is 0 Å². The Morgan fingerprint density at radius 3 is 2.61 bits per heavy atom. The van der Waals surface area contributed by atoms with Gasteiger partial charge in [0, 0.05) is 19.5 Å². The third-order valence-corrected chi connectivity index (χ3v) is 3.31. The second kappa shape index (κ2) is 8.90. The van der Waals surface area contributed by atoms with Crippen molar-refractivity contribution in [3.8, 4) is 5.75 Å². The first-order chi connectivity index (χ1) is 11.2. The monoisotopic (exact) mass is 316 g/mol. The van der Waals surface area contributed by atoms with E-state index in [1.165, 1.54) is 12.1 Å². The summed E-state index contributed by atoms with van der Waals surface area (Å²) in [5.41, 5.74) is 1.78. The number of rotatable bonds is 8. The van der Waals surface area contributed by atoms with Crippen molar-refractivity contribution in [3.63, 3.8) is 0 Å². The standard InChI is InChI=1S/C18H21FN2O2/c1-20-10-9-18(22)21-12-14-5-7-17(8-6-14)23-13-15-3-2-4-16(19)11-15/h2-8,11,20H,9-10,12-13H2,1H3,(H,21,22). The van der Waals surface area contributed by atoms with Crippen LogP contribution in [0.4, 0.5) is 4.39 Å². The first-order valence-electron chi connectivity index (χ1n) is 7.55. The molecule has 0 spiro atoms. The number of benzene rings is 2. The van der Waals surface area contributed by atoms with E-state index < -0.39 is 0 Å². The van der Waals surface area contributed by atoms with Gasteiger partial charge in [-0.05, 0) is 42.4 Å². The van der Waals surface area contributed by atoms with Crippen LogP contribution in [0, 0.1) is 5.82 Å². The van der Waals surface area contributed by atoms with Gasteiger partial charge in [-0.25, -0.2) is 4.39 Å². The first-order valence-corrected chi connectivity index (χ1v) is 7.55. The third-order valence-electron chi connectivity index (χ3n) is 3.31. The smallest absolute Gasteiger partial charge is 0.221 e. The van der Waals surface area contributed by atoms with Crippen LogP contribution in [0.1, 0.15) is 17.5 Å². The van der Waals surface area contributed by atoms with Crippen LogP contribution in [-0.4, -0.2) is 19.5 Å². The van der Waals surface area contributed by atoms with Crippen LogP contribution >= 0.6 is 0 Å². The lowest BCUT2D eigenvalue weighted by molar-refractivity contribution is -0.121. The predicted molar refractivity (Wildman–Crippen MR) is 87.6 cm³/mol. The number of hydrogen-bond acceptors (Lipinski definition) is 3. The summed E-state index contributed by atoms with van der Waals surface area (Å²) in [5, 5.41) is 5.79. The molecule has 0 saturated heterocycles. The fraction of sp³-hybridized carbons (Fsp3) is 0.278. The summed E-state index contributed by atoms with van der Waals surface area (Å²) >= 11 is 0. The maximum Gasteiger partial charge on any atom is 0.221 e. The molecule has 23 heavy (non-hydrogen) atoms. The largest absolute Gasteiger partial charge is 0.489 e. The molecule has 2 aromatic carbocycles. The Morgan fingerprint density at radius 2 is 1.91 bits per heavy atom. The van der Waals surface area contributed by atoms with Gasteiger partial charge in [0.1, 0.15) is 18.2 Å². The van der Waals surface area contributed by atoms with E-state index in [2.05, 4.69) is 10.6 Å². The number of halogens is 1.